The molecule has 0 aromatic heterocycles. The van der Waals surface area contributed by atoms with E-state index in [1.165, 1.54) is 22.9 Å². The van der Waals surface area contributed by atoms with E-state index in [0.717, 1.165) is 5.75 Å². The van der Waals surface area contributed by atoms with Crippen LogP contribution in [0.25, 0.3) is 0 Å². The predicted molar refractivity (Wildman–Crippen MR) is 53.6 cm³/mol. The Balaban J connectivity index is 2.53. The van der Waals surface area contributed by atoms with Crippen LogP contribution in [-0.2, 0) is 5.75 Å². The largest absolute Gasteiger partial charge is 0.300 e. The van der Waals surface area contributed by atoms with Gasteiger partial charge in [-0.2, -0.15) is 0 Å². The number of hydrogen-bond donors (Lipinski definition) is 2. The first kappa shape index (κ1) is 9.13. The Hall–Kier alpha value is -0.960. The average molecular weight is 181 g/mol. The molecule has 0 saturated carbocycles. The fourth-order valence-corrected chi connectivity index (χ4v) is 1.38. The van der Waals surface area contributed by atoms with E-state index in [0.29, 0.717) is 5.17 Å². The lowest BCUT2D eigenvalue weighted by Crippen LogP contribution is -2.43. The molecule has 0 spiro atoms. The topological polar surface area (TPSA) is 51.6 Å². The Morgan fingerprint density at radius 2 is 2.00 bits per heavy atom. The summed E-state index contributed by atoms with van der Waals surface area (Å²) >= 11 is 1.46. The highest BCUT2D eigenvalue weighted by molar-refractivity contribution is 8.12. The first-order valence-electron chi connectivity index (χ1n) is 3.75. The van der Waals surface area contributed by atoms with Gasteiger partial charge in [-0.05, 0) is 24.2 Å². The second-order valence-electron chi connectivity index (χ2n) is 2.68. The Kier molecular flexibility index (Phi) is 3.17. The van der Waals surface area contributed by atoms with Gasteiger partial charge in [-0.15, -0.1) is 0 Å². The van der Waals surface area contributed by atoms with E-state index in [2.05, 4.69) is 31.2 Å². The molecular weight excluding hydrogens is 168 g/mol. The molecule has 0 amide bonds. The van der Waals surface area contributed by atoms with E-state index in [1.54, 1.807) is 0 Å². The molecule has 1 aromatic carbocycles. The third-order valence-electron chi connectivity index (χ3n) is 1.53. The summed E-state index contributed by atoms with van der Waals surface area (Å²) in [5.41, 5.74) is 7.85. The summed E-state index contributed by atoms with van der Waals surface area (Å²) in [6.07, 6.45) is 0. The molecule has 0 aliphatic carbocycles. The molecule has 0 radical (unpaired) electrons. The lowest BCUT2D eigenvalue weighted by molar-refractivity contribution is -0.110. The molecule has 0 aliphatic heterocycles. The molecule has 1 aromatic rings. The Bertz CT molecular complexity index is 266. The zero-order valence-corrected chi connectivity index (χ0v) is 7.90. The van der Waals surface area contributed by atoms with Gasteiger partial charge >= 0.3 is 0 Å². The number of amidine groups is 1. The third kappa shape index (κ3) is 2.96. The van der Waals surface area contributed by atoms with Crippen molar-refractivity contribution in [3.63, 3.8) is 0 Å². The molecule has 1 rings (SSSR count). The second kappa shape index (κ2) is 4.16. The summed E-state index contributed by atoms with van der Waals surface area (Å²) in [7, 11) is 0. The quantitative estimate of drug-likeness (QED) is 0.509. The molecule has 0 bridgehead atoms. The minimum atomic E-state index is 0.426. The number of hydrogen-bond acceptors (Lipinski definition) is 1. The van der Waals surface area contributed by atoms with Crippen molar-refractivity contribution in [2.45, 2.75) is 12.7 Å². The van der Waals surface area contributed by atoms with Gasteiger partial charge in [0.2, 0.25) is 0 Å². The number of rotatable bonds is 2. The van der Waals surface area contributed by atoms with Gasteiger partial charge < -0.3 is 0 Å². The maximum atomic E-state index is 5.33. The van der Waals surface area contributed by atoms with Gasteiger partial charge in [-0.3, -0.25) is 11.1 Å². The summed E-state index contributed by atoms with van der Waals surface area (Å²) in [5.74, 6) is 0.850. The van der Waals surface area contributed by atoms with Gasteiger partial charge in [0, 0.05) is 5.75 Å². The third-order valence-corrected chi connectivity index (χ3v) is 2.34. The van der Waals surface area contributed by atoms with Crippen LogP contribution in [0.1, 0.15) is 11.1 Å². The van der Waals surface area contributed by atoms with Crippen molar-refractivity contribution in [1.29, 1.82) is 0 Å². The molecule has 2 nitrogen and oxygen atoms in total. The highest BCUT2D eigenvalue weighted by Crippen LogP contribution is 2.10. The zero-order valence-electron chi connectivity index (χ0n) is 7.08. The van der Waals surface area contributed by atoms with Crippen LogP contribution in [0.5, 0.6) is 0 Å². The summed E-state index contributed by atoms with van der Waals surface area (Å²) in [5, 5.41) is 5.75. The maximum Gasteiger partial charge on any atom is 0.300 e. The number of aryl methyl sites for hydroxylation is 1. The summed E-state index contributed by atoms with van der Waals surface area (Å²) < 4.78 is 0. The zero-order chi connectivity index (χ0) is 8.97. The normalized spacial score (nSPS) is 9.75. The van der Waals surface area contributed by atoms with E-state index >= 15 is 0 Å². The molecule has 0 unspecified atom stereocenters. The molecule has 4 N–H and O–H groups in total. The van der Waals surface area contributed by atoms with E-state index < -0.39 is 0 Å². The van der Waals surface area contributed by atoms with Crippen LogP contribution in [0.3, 0.4) is 0 Å². The minimum Gasteiger partial charge on any atom is -0.282 e. The molecule has 64 valence electrons. The van der Waals surface area contributed by atoms with Crippen molar-refractivity contribution >= 4 is 16.9 Å². The van der Waals surface area contributed by atoms with Crippen LogP contribution in [0.2, 0.25) is 0 Å². The molecule has 0 saturated heterocycles. The Morgan fingerprint density at radius 1 is 1.42 bits per heavy atom. The molecule has 0 aliphatic rings. The first-order chi connectivity index (χ1) is 5.68. The molecule has 3 heteroatoms. The highest BCUT2D eigenvalue weighted by atomic mass is 32.2. The van der Waals surface area contributed by atoms with Gasteiger partial charge in [0.1, 0.15) is 0 Å². The molecule has 0 atom stereocenters. The number of thioether (sulfide) groups is 1. The lowest BCUT2D eigenvalue weighted by atomic mass is 10.2. The minimum absolute atomic E-state index is 0.426. The van der Waals surface area contributed by atoms with Gasteiger partial charge in [-0.25, -0.2) is 0 Å². The number of nitrogens with two attached hydrogens (primary N) is 2. The van der Waals surface area contributed by atoms with Gasteiger partial charge in [0.15, 0.2) is 0 Å². The summed E-state index contributed by atoms with van der Waals surface area (Å²) in [6.45, 7) is 2.07. The lowest BCUT2D eigenvalue weighted by Gasteiger charge is -1.97. The van der Waals surface area contributed by atoms with E-state index in [9.17, 15) is 0 Å². The van der Waals surface area contributed by atoms with Crippen molar-refractivity contribution in [2.75, 3.05) is 0 Å². The van der Waals surface area contributed by atoms with E-state index in [1.807, 2.05) is 0 Å². The fraction of sp³-hybridized carbons (Fsp3) is 0.222. The number of benzene rings is 1. The van der Waals surface area contributed by atoms with Crippen LogP contribution < -0.4 is 11.1 Å². The van der Waals surface area contributed by atoms with Crippen LogP contribution >= 0.6 is 11.8 Å². The smallest absolute Gasteiger partial charge is 0.282 e. The monoisotopic (exact) mass is 181 g/mol. The van der Waals surface area contributed by atoms with Crippen molar-refractivity contribution in [1.82, 2.24) is 0 Å². The van der Waals surface area contributed by atoms with Gasteiger partial charge in [0.05, 0.1) is 0 Å². The second-order valence-corrected chi connectivity index (χ2v) is 3.73. The highest BCUT2D eigenvalue weighted by Gasteiger charge is 1.97. The van der Waals surface area contributed by atoms with E-state index in [-0.39, 0.29) is 0 Å². The van der Waals surface area contributed by atoms with Crippen molar-refractivity contribution in [2.24, 2.45) is 5.73 Å². The van der Waals surface area contributed by atoms with Crippen LogP contribution in [0.4, 0.5) is 0 Å². The predicted octanol–water partition coefficient (Wildman–Crippen LogP) is 0.302. The molecule has 0 heterocycles. The first-order valence-corrected chi connectivity index (χ1v) is 4.73. The van der Waals surface area contributed by atoms with E-state index in [4.69, 9.17) is 11.1 Å². The standard InChI is InChI=1S/C9H12N2S/c1-7-2-4-8(5-3-7)6-12-9(10)11/h2-5H,6H2,1H3,(H3,10,11)/p+1. The van der Waals surface area contributed by atoms with Crippen LogP contribution in [0.15, 0.2) is 24.3 Å². The molecule has 12 heavy (non-hydrogen) atoms. The van der Waals surface area contributed by atoms with Crippen molar-refractivity contribution in [3.8, 4) is 0 Å². The maximum absolute atomic E-state index is 5.33. The SMILES string of the molecule is Cc1ccc(CSC(N)=[NH2+])cc1. The van der Waals surface area contributed by atoms with Crippen molar-refractivity contribution < 1.29 is 5.41 Å². The Morgan fingerprint density at radius 3 is 2.50 bits per heavy atom. The van der Waals surface area contributed by atoms with Crippen molar-refractivity contribution in [3.05, 3.63) is 35.4 Å². The Labute approximate surface area is 76.7 Å². The average Bonchev–Trinajstić information content (AvgIpc) is 2.03. The summed E-state index contributed by atoms with van der Waals surface area (Å²) in [4.78, 5) is 0. The van der Waals surface area contributed by atoms with Gasteiger partial charge in [-0.1, -0.05) is 29.8 Å². The van der Waals surface area contributed by atoms with Crippen LogP contribution in [0, 0.1) is 6.92 Å². The molecular formula is C9H13N2S+. The van der Waals surface area contributed by atoms with Gasteiger partial charge in [0.25, 0.3) is 5.17 Å². The fourth-order valence-electron chi connectivity index (χ4n) is 0.851. The molecule has 0 fully saturated rings. The van der Waals surface area contributed by atoms with Crippen LogP contribution in [-0.4, -0.2) is 5.17 Å². The summed E-state index contributed by atoms with van der Waals surface area (Å²) in [6, 6.07) is 8.35.